The second kappa shape index (κ2) is 4.21. The number of fused-ring (bicyclic) bond motifs is 1. The summed E-state index contributed by atoms with van der Waals surface area (Å²) >= 11 is 0. The topological polar surface area (TPSA) is 56.9 Å². The zero-order valence-corrected chi connectivity index (χ0v) is 12.3. The molecule has 1 aromatic carbocycles. The van der Waals surface area contributed by atoms with Gasteiger partial charge in [0.25, 0.3) is 0 Å². The summed E-state index contributed by atoms with van der Waals surface area (Å²) in [5, 5.41) is 1.00. The highest BCUT2D eigenvalue weighted by molar-refractivity contribution is 7.89. The van der Waals surface area contributed by atoms with Crippen molar-refractivity contribution in [1.29, 1.82) is 0 Å². The number of hydrogen-bond acceptors (Lipinski definition) is 3. The van der Waals surface area contributed by atoms with Gasteiger partial charge in [0.1, 0.15) is 0 Å². The molecule has 0 atom stereocenters. The smallest absolute Gasteiger partial charge is 0.237 e. The zero-order valence-electron chi connectivity index (χ0n) is 11.5. The van der Waals surface area contributed by atoms with Gasteiger partial charge < -0.3 is 4.57 Å². The van der Waals surface area contributed by atoms with Gasteiger partial charge in [0.15, 0.2) is 5.82 Å². The third-order valence-corrected chi connectivity index (χ3v) is 4.60. The lowest BCUT2D eigenvalue weighted by Gasteiger charge is -2.06. The molecular formula is C14H15N3O2S. The quantitative estimate of drug-likeness (QED) is 0.726. The van der Waals surface area contributed by atoms with E-state index in [1.54, 1.807) is 0 Å². The Morgan fingerprint density at radius 2 is 1.90 bits per heavy atom. The number of para-hydroxylation sites is 1. The molecule has 3 aromatic rings. The van der Waals surface area contributed by atoms with Crippen LogP contribution < -0.4 is 0 Å². The van der Waals surface area contributed by atoms with Crippen LogP contribution in [0.2, 0.25) is 0 Å². The number of nitrogens with zero attached hydrogens (tertiary/aromatic N) is 3. The SMILES string of the molecule is Cc1c(-c2nccn2S(C)(=O)=O)c2ccccc2n1C. The Morgan fingerprint density at radius 1 is 1.20 bits per heavy atom. The largest absolute Gasteiger partial charge is 0.347 e. The first kappa shape index (κ1) is 12.9. The first-order valence-corrected chi connectivity index (χ1v) is 8.04. The highest BCUT2D eigenvalue weighted by Crippen LogP contribution is 2.33. The van der Waals surface area contributed by atoms with Gasteiger partial charge in [0.2, 0.25) is 10.0 Å². The number of rotatable bonds is 2. The molecule has 5 nitrogen and oxygen atoms in total. The van der Waals surface area contributed by atoms with E-state index in [-0.39, 0.29) is 0 Å². The first-order valence-electron chi connectivity index (χ1n) is 6.19. The molecule has 20 heavy (non-hydrogen) atoms. The van der Waals surface area contributed by atoms with Gasteiger partial charge in [-0.1, -0.05) is 18.2 Å². The summed E-state index contributed by atoms with van der Waals surface area (Å²) in [6.45, 7) is 1.97. The van der Waals surface area contributed by atoms with Crippen LogP contribution in [-0.4, -0.2) is 28.2 Å². The third-order valence-electron chi connectivity index (χ3n) is 3.59. The van der Waals surface area contributed by atoms with Gasteiger partial charge in [-0.15, -0.1) is 0 Å². The van der Waals surface area contributed by atoms with Crippen LogP contribution in [0.5, 0.6) is 0 Å². The van der Waals surface area contributed by atoms with Crippen LogP contribution in [0.4, 0.5) is 0 Å². The van der Waals surface area contributed by atoms with E-state index in [0.717, 1.165) is 22.2 Å². The summed E-state index contributed by atoms with van der Waals surface area (Å²) in [6.07, 6.45) is 4.17. The van der Waals surface area contributed by atoms with Crippen LogP contribution in [0, 0.1) is 6.92 Å². The molecule has 2 heterocycles. The van der Waals surface area contributed by atoms with Crippen molar-refractivity contribution >= 4 is 20.9 Å². The van der Waals surface area contributed by atoms with Gasteiger partial charge in [-0.25, -0.2) is 17.4 Å². The van der Waals surface area contributed by atoms with E-state index in [1.165, 1.54) is 22.6 Å². The van der Waals surface area contributed by atoms with E-state index in [2.05, 4.69) is 4.98 Å². The number of benzene rings is 1. The summed E-state index contributed by atoms with van der Waals surface area (Å²) in [4.78, 5) is 4.25. The Kier molecular flexibility index (Phi) is 2.72. The Balaban J connectivity index is 2.43. The number of imidazole rings is 1. The summed E-state index contributed by atoms with van der Waals surface area (Å²) in [7, 11) is -1.40. The fraction of sp³-hybridized carbons (Fsp3) is 0.214. The van der Waals surface area contributed by atoms with Gasteiger partial charge >= 0.3 is 0 Å². The monoisotopic (exact) mass is 289 g/mol. The molecule has 0 aliphatic carbocycles. The average Bonchev–Trinajstić information content (AvgIpc) is 2.95. The molecule has 0 bridgehead atoms. The molecule has 0 N–H and O–H groups in total. The molecule has 3 rings (SSSR count). The number of aromatic nitrogens is 3. The maximum Gasteiger partial charge on any atom is 0.237 e. The van der Waals surface area contributed by atoms with Crippen LogP contribution in [0.15, 0.2) is 36.7 Å². The highest BCUT2D eigenvalue weighted by Gasteiger charge is 2.20. The fourth-order valence-electron chi connectivity index (χ4n) is 2.54. The van der Waals surface area contributed by atoms with Crippen LogP contribution >= 0.6 is 0 Å². The lowest BCUT2D eigenvalue weighted by molar-refractivity contribution is 0.594. The minimum absolute atomic E-state index is 0.460. The van der Waals surface area contributed by atoms with Gasteiger partial charge in [0.05, 0.1) is 6.26 Å². The zero-order chi connectivity index (χ0) is 14.5. The maximum atomic E-state index is 11.9. The van der Waals surface area contributed by atoms with E-state index in [4.69, 9.17) is 0 Å². The second-order valence-corrected chi connectivity index (χ2v) is 6.71. The molecule has 0 amide bonds. The first-order chi connectivity index (χ1) is 9.41. The van der Waals surface area contributed by atoms with E-state index in [1.807, 2.05) is 42.8 Å². The highest BCUT2D eigenvalue weighted by atomic mass is 32.2. The van der Waals surface area contributed by atoms with Crippen molar-refractivity contribution in [2.45, 2.75) is 6.92 Å². The Hall–Kier alpha value is -2.08. The van der Waals surface area contributed by atoms with Crippen molar-refractivity contribution in [3.63, 3.8) is 0 Å². The van der Waals surface area contributed by atoms with Gasteiger partial charge in [-0.05, 0) is 13.0 Å². The molecule has 2 aromatic heterocycles. The summed E-state index contributed by atoms with van der Waals surface area (Å²) < 4.78 is 27.0. The minimum atomic E-state index is -3.37. The van der Waals surface area contributed by atoms with Gasteiger partial charge in [-0.3, -0.25) is 0 Å². The van der Waals surface area contributed by atoms with Crippen LogP contribution in [0.1, 0.15) is 5.69 Å². The number of aryl methyl sites for hydroxylation is 1. The summed E-state index contributed by atoms with van der Waals surface area (Å²) in [5.41, 5.74) is 2.91. The van der Waals surface area contributed by atoms with Crippen molar-refractivity contribution in [2.75, 3.05) is 6.26 Å². The molecule has 104 valence electrons. The summed E-state index contributed by atoms with van der Waals surface area (Å²) in [5.74, 6) is 0.460. The van der Waals surface area contributed by atoms with Crippen molar-refractivity contribution < 1.29 is 8.42 Å². The van der Waals surface area contributed by atoms with Crippen molar-refractivity contribution in [3.05, 3.63) is 42.4 Å². The predicted molar refractivity (Wildman–Crippen MR) is 79.1 cm³/mol. The molecule has 0 aliphatic heterocycles. The Bertz CT molecular complexity index is 904. The third kappa shape index (κ3) is 1.76. The fourth-order valence-corrected chi connectivity index (χ4v) is 3.27. The normalized spacial score (nSPS) is 12.2. The van der Waals surface area contributed by atoms with E-state index in [0.29, 0.717) is 5.82 Å². The van der Waals surface area contributed by atoms with E-state index in [9.17, 15) is 8.42 Å². The van der Waals surface area contributed by atoms with Crippen molar-refractivity contribution in [3.8, 4) is 11.4 Å². The average molecular weight is 289 g/mol. The Labute approximate surface area is 117 Å². The lowest BCUT2D eigenvalue weighted by atomic mass is 10.1. The molecule has 0 saturated heterocycles. The van der Waals surface area contributed by atoms with E-state index >= 15 is 0 Å². The van der Waals surface area contributed by atoms with Crippen LogP contribution in [0.25, 0.3) is 22.3 Å². The molecule has 0 aliphatic rings. The predicted octanol–water partition coefficient (Wildman–Crippen LogP) is 2.16. The Morgan fingerprint density at radius 3 is 2.60 bits per heavy atom. The van der Waals surface area contributed by atoms with E-state index < -0.39 is 10.0 Å². The van der Waals surface area contributed by atoms with Gasteiger partial charge in [-0.2, -0.15) is 0 Å². The molecule has 0 fully saturated rings. The maximum absolute atomic E-state index is 11.9. The number of hydrogen-bond donors (Lipinski definition) is 0. The van der Waals surface area contributed by atoms with Crippen molar-refractivity contribution in [1.82, 2.24) is 13.5 Å². The molecule has 0 saturated carbocycles. The van der Waals surface area contributed by atoms with Crippen LogP contribution in [-0.2, 0) is 17.1 Å². The van der Waals surface area contributed by atoms with Crippen molar-refractivity contribution in [2.24, 2.45) is 7.05 Å². The second-order valence-electron chi connectivity index (χ2n) is 4.85. The molecule has 6 heteroatoms. The molecule has 0 spiro atoms. The molecule has 0 radical (unpaired) electrons. The van der Waals surface area contributed by atoms with Crippen LogP contribution in [0.3, 0.4) is 0 Å². The molecular weight excluding hydrogens is 274 g/mol. The summed E-state index contributed by atoms with van der Waals surface area (Å²) in [6, 6.07) is 7.91. The minimum Gasteiger partial charge on any atom is -0.347 e. The van der Waals surface area contributed by atoms with Gasteiger partial charge in [0, 0.05) is 41.6 Å². The standard InChI is InChI=1S/C14H15N3O2S/c1-10-13(11-6-4-5-7-12(11)16(10)2)14-15-8-9-17(14)20(3,18)19/h4-9H,1-3H3. The molecule has 0 unspecified atom stereocenters. The lowest BCUT2D eigenvalue weighted by Crippen LogP contribution is -2.10.